The number of benzene rings is 2. The molecule has 2 aromatic carbocycles. The number of rotatable bonds is 6. The van der Waals surface area contributed by atoms with Crippen LogP contribution in [-0.4, -0.2) is 73.8 Å². The van der Waals surface area contributed by atoms with Crippen molar-refractivity contribution in [2.75, 3.05) is 32.8 Å². The van der Waals surface area contributed by atoms with Crippen LogP contribution in [0.1, 0.15) is 5.69 Å². The number of para-hydroxylation sites is 1. The largest absolute Gasteiger partial charge is 0.473 e. The molecule has 1 fully saturated rings. The molecule has 2 N–H and O–H groups in total. The van der Waals surface area contributed by atoms with Gasteiger partial charge in [-0.15, -0.1) is 11.3 Å². The highest BCUT2D eigenvalue weighted by molar-refractivity contribution is 7.07. The number of nitrogens with zero attached hydrogens (tertiary/aromatic N) is 5. The van der Waals surface area contributed by atoms with Crippen LogP contribution in [0.4, 0.5) is 5.69 Å². The van der Waals surface area contributed by atoms with Crippen LogP contribution in [0.3, 0.4) is 0 Å². The van der Waals surface area contributed by atoms with E-state index in [0.29, 0.717) is 5.69 Å². The van der Waals surface area contributed by atoms with Gasteiger partial charge in [-0.05, 0) is 24.6 Å². The molecule has 1 saturated heterocycles. The fourth-order valence-electron chi connectivity index (χ4n) is 4.32. The number of aromatic nitrogens is 3. The van der Waals surface area contributed by atoms with E-state index in [2.05, 4.69) is 39.1 Å². The van der Waals surface area contributed by atoms with Gasteiger partial charge in [0, 0.05) is 38.6 Å². The molecule has 4 aromatic rings. The van der Waals surface area contributed by atoms with Crippen LogP contribution in [0.2, 0.25) is 0 Å². The molecule has 0 bridgehead atoms. The first kappa shape index (κ1) is 28.7. The third kappa shape index (κ3) is 6.65. The number of hydrogen-bond donors (Lipinski definition) is 2. The highest BCUT2D eigenvalue weighted by Crippen LogP contribution is 2.21. The van der Waals surface area contributed by atoms with Crippen molar-refractivity contribution in [1.29, 1.82) is 0 Å². The minimum Gasteiger partial charge on any atom is -0.473 e. The molecule has 0 amide bonds. The molecule has 40 heavy (non-hydrogen) atoms. The predicted octanol–water partition coefficient (Wildman–Crippen LogP) is 2.73. The maximum atomic E-state index is 13.4. The van der Waals surface area contributed by atoms with E-state index < -0.39 is 11.9 Å². The number of hydrogen-bond acceptors (Lipinski definition) is 7. The maximum absolute atomic E-state index is 13.4. The van der Waals surface area contributed by atoms with Crippen molar-refractivity contribution in [1.82, 2.24) is 18.8 Å². The third-order valence-electron chi connectivity index (χ3n) is 6.52. The molecular formula is C28H31N5O6S. The average molecular weight is 566 g/mol. The Morgan fingerprint density at radius 2 is 1.55 bits per heavy atom. The van der Waals surface area contributed by atoms with Crippen LogP contribution in [0.5, 0.6) is 0 Å². The van der Waals surface area contributed by atoms with Gasteiger partial charge in [0.05, 0.1) is 30.3 Å². The van der Waals surface area contributed by atoms with Crippen LogP contribution in [0, 0.1) is 6.92 Å². The number of carbonyl (C=O) groups is 2. The Kier molecular flexibility index (Phi) is 9.48. The van der Waals surface area contributed by atoms with Gasteiger partial charge in [0.2, 0.25) is 0 Å². The van der Waals surface area contributed by atoms with Crippen LogP contribution >= 0.6 is 11.3 Å². The first-order chi connectivity index (χ1) is 19.3. The maximum Gasteiger partial charge on any atom is 0.414 e. The molecular weight excluding hydrogens is 534 g/mol. The van der Waals surface area contributed by atoms with Gasteiger partial charge in [0.15, 0.2) is 10.5 Å². The van der Waals surface area contributed by atoms with Gasteiger partial charge in [0.25, 0.3) is 5.56 Å². The van der Waals surface area contributed by atoms with E-state index in [9.17, 15) is 4.79 Å². The zero-order valence-electron chi connectivity index (χ0n) is 22.3. The van der Waals surface area contributed by atoms with Gasteiger partial charge in [-0.3, -0.25) is 14.4 Å². The Hall–Kier alpha value is -4.26. The van der Waals surface area contributed by atoms with Gasteiger partial charge < -0.3 is 19.5 Å². The lowest BCUT2D eigenvalue weighted by atomic mass is 10.2. The molecule has 0 saturated carbocycles. The summed E-state index contributed by atoms with van der Waals surface area (Å²) in [7, 11) is 1.90. The second-order valence-electron chi connectivity index (χ2n) is 9.01. The summed E-state index contributed by atoms with van der Waals surface area (Å²) in [6.07, 6.45) is 0. The molecule has 0 unspecified atom stereocenters. The summed E-state index contributed by atoms with van der Waals surface area (Å²) in [6.45, 7) is 7.09. The second kappa shape index (κ2) is 13.2. The minimum atomic E-state index is -1.82. The quantitative estimate of drug-likeness (QED) is 0.344. The van der Waals surface area contributed by atoms with Crippen molar-refractivity contribution in [3.05, 3.63) is 86.9 Å². The van der Waals surface area contributed by atoms with E-state index in [1.807, 2.05) is 55.1 Å². The summed E-state index contributed by atoms with van der Waals surface area (Å²) in [5.41, 5.74) is 4.30. The molecule has 0 aliphatic carbocycles. The summed E-state index contributed by atoms with van der Waals surface area (Å²) in [5, 5.41) is 16.9. The average Bonchev–Trinajstić information content (AvgIpc) is 3.47. The predicted molar refractivity (Wildman–Crippen MR) is 151 cm³/mol. The summed E-state index contributed by atoms with van der Waals surface area (Å²) >= 11 is 1.58. The van der Waals surface area contributed by atoms with E-state index in [1.165, 1.54) is 0 Å². The fourth-order valence-corrected chi connectivity index (χ4v) is 5.26. The lowest BCUT2D eigenvalue weighted by Gasteiger charge is -2.26. The van der Waals surface area contributed by atoms with Crippen molar-refractivity contribution < 1.29 is 24.5 Å². The van der Waals surface area contributed by atoms with Crippen molar-refractivity contribution >= 4 is 29.0 Å². The van der Waals surface area contributed by atoms with Crippen LogP contribution < -0.4 is 10.4 Å². The SMILES string of the molecule is Cc1c(N=c2scc(-c3ccccc3)n2CCN2CCOCC2)c(=O)n(-c2ccccc2)n1C.O=C(O)C(=O)O. The van der Waals surface area contributed by atoms with E-state index in [0.717, 1.165) is 66.8 Å². The molecule has 12 heteroatoms. The Labute approximate surface area is 234 Å². The van der Waals surface area contributed by atoms with Gasteiger partial charge in [-0.25, -0.2) is 19.3 Å². The molecule has 1 aliphatic heterocycles. The number of morpholine rings is 1. The number of aliphatic carboxylic acids is 2. The van der Waals surface area contributed by atoms with Gasteiger partial charge >= 0.3 is 11.9 Å². The number of ether oxygens (including phenoxy) is 1. The molecule has 2 aromatic heterocycles. The van der Waals surface area contributed by atoms with Crippen molar-refractivity contribution in [3.8, 4) is 16.9 Å². The lowest BCUT2D eigenvalue weighted by molar-refractivity contribution is -0.159. The summed E-state index contributed by atoms with van der Waals surface area (Å²) < 4.78 is 11.3. The van der Waals surface area contributed by atoms with Crippen molar-refractivity contribution in [2.45, 2.75) is 13.5 Å². The summed E-state index contributed by atoms with van der Waals surface area (Å²) in [5.74, 6) is -3.65. The molecule has 5 rings (SSSR count). The summed E-state index contributed by atoms with van der Waals surface area (Å²) in [6, 6.07) is 20.1. The first-order valence-electron chi connectivity index (χ1n) is 12.7. The fraction of sp³-hybridized carbons (Fsp3) is 0.286. The van der Waals surface area contributed by atoms with Crippen molar-refractivity contribution in [2.24, 2.45) is 12.0 Å². The lowest BCUT2D eigenvalue weighted by Crippen LogP contribution is -2.39. The Bertz CT molecular complexity index is 1570. The van der Waals surface area contributed by atoms with Crippen LogP contribution in [0.25, 0.3) is 16.9 Å². The molecule has 3 heterocycles. The topological polar surface area (TPSA) is 131 Å². The number of carboxylic acid groups (broad SMARTS) is 2. The van der Waals surface area contributed by atoms with Gasteiger partial charge in [-0.2, -0.15) is 0 Å². The molecule has 1 aliphatic rings. The zero-order valence-corrected chi connectivity index (χ0v) is 23.1. The monoisotopic (exact) mass is 565 g/mol. The third-order valence-corrected chi connectivity index (χ3v) is 7.39. The van der Waals surface area contributed by atoms with Crippen LogP contribution in [0.15, 0.2) is 75.8 Å². The van der Waals surface area contributed by atoms with E-state index in [4.69, 9.17) is 29.5 Å². The first-order valence-corrected chi connectivity index (χ1v) is 13.5. The van der Waals surface area contributed by atoms with Gasteiger partial charge in [0.1, 0.15) is 0 Å². The highest BCUT2D eigenvalue weighted by atomic mass is 32.1. The molecule has 0 spiro atoms. The Balaban J connectivity index is 0.000000557. The molecule has 11 nitrogen and oxygen atoms in total. The second-order valence-corrected chi connectivity index (χ2v) is 9.84. The Morgan fingerprint density at radius 3 is 2.15 bits per heavy atom. The van der Waals surface area contributed by atoms with Crippen molar-refractivity contribution in [3.63, 3.8) is 0 Å². The smallest absolute Gasteiger partial charge is 0.414 e. The summed E-state index contributed by atoms with van der Waals surface area (Å²) in [4.78, 5) is 39.8. The van der Waals surface area contributed by atoms with Crippen LogP contribution in [-0.2, 0) is 27.9 Å². The van der Waals surface area contributed by atoms with Gasteiger partial charge in [-0.1, -0.05) is 48.5 Å². The normalized spacial score (nSPS) is 14.0. The standard InChI is InChI=1S/C26H29N5O2S.C2H2O4/c1-20-24(25(32)31(28(20)2)22-11-7-4-8-12-22)27-26-30(14-13-29-15-17-33-18-16-29)23(19-34-26)21-9-5-3-6-10-21;3-1(4)2(5)6/h3-12,19H,13-18H2,1-2H3;(H,3,4)(H,5,6). The molecule has 210 valence electrons. The minimum absolute atomic E-state index is 0.111. The zero-order chi connectivity index (χ0) is 28.6. The Morgan fingerprint density at radius 1 is 0.950 bits per heavy atom. The number of thiazole rings is 1. The molecule has 0 atom stereocenters. The molecule has 0 radical (unpaired) electrons. The van der Waals surface area contributed by atoms with E-state index in [1.54, 1.807) is 16.0 Å². The number of carboxylic acids is 2. The highest BCUT2D eigenvalue weighted by Gasteiger charge is 2.17. The van der Waals surface area contributed by atoms with E-state index in [-0.39, 0.29) is 5.56 Å². The van der Waals surface area contributed by atoms with E-state index >= 15 is 0 Å².